The van der Waals surface area contributed by atoms with Crippen LogP contribution in [0.25, 0.3) is 11.1 Å². The number of para-hydroxylation sites is 1. The van der Waals surface area contributed by atoms with Gasteiger partial charge in [-0.05, 0) is 24.3 Å². The number of carbonyl (C=O) groups is 1. The number of benzene rings is 2. The van der Waals surface area contributed by atoms with Crippen LogP contribution < -0.4 is 10.1 Å². The maximum atomic E-state index is 14.0. The molecule has 0 aliphatic carbocycles. The number of anilines is 1. The summed E-state index contributed by atoms with van der Waals surface area (Å²) in [5.74, 6) is -0.932. The van der Waals surface area contributed by atoms with E-state index in [4.69, 9.17) is 4.74 Å². The van der Waals surface area contributed by atoms with Gasteiger partial charge in [-0.25, -0.2) is 13.6 Å². The van der Waals surface area contributed by atoms with Crippen LogP contribution in [0.2, 0.25) is 0 Å². The van der Waals surface area contributed by atoms with Gasteiger partial charge in [0.15, 0.2) is 5.75 Å². The highest BCUT2D eigenvalue weighted by Gasteiger charge is 2.13. The average molecular weight is 315 g/mol. The van der Waals surface area contributed by atoms with Crippen molar-refractivity contribution in [1.82, 2.24) is 10.2 Å². The van der Waals surface area contributed by atoms with E-state index in [0.29, 0.717) is 11.3 Å². The van der Waals surface area contributed by atoms with Gasteiger partial charge in [0.1, 0.15) is 11.6 Å². The number of amides is 1. The van der Waals surface area contributed by atoms with Crippen LogP contribution >= 0.6 is 0 Å². The van der Waals surface area contributed by atoms with E-state index in [1.54, 1.807) is 24.3 Å². The summed E-state index contributed by atoms with van der Waals surface area (Å²) in [7, 11) is 0. The zero-order valence-corrected chi connectivity index (χ0v) is 11.7. The fourth-order valence-corrected chi connectivity index (χ4v) is 2.07. The number of H-pyrrole nitrogens is 1. The SMILES string of the molecule is O=C(Nc1ccccc1-c1cc(F)ccc1F)Oc1cn[nH]c1. The number of carbonyl (C=O) groups excluding carboxylic acids is 1. The Morgan fingerprint density at radius 2 is 1.96 bits per heavy atom. The Bertz CT molecular complexity index is 835. The molecule has 5 nitrogen and oxygen atoms in total. The van der Waals surface area contributed by atoms with Crippen LogP contribution in [0, 0.1) is 11.6 Å². The molecule has 0 saturated carbocycles. The Labute approximate surface area is 129 Å². The molecule has 0 fully saturated rings. The highest BCUT2D eigenvalue weighted by atomic mass is 19.1. The number of nitrogens with zero attached hydrogens (tertiary/aromatic N) is 1. The number of halogens is 2. The normalized spacial score (nSPS) is 10.3. The predicted octanol–water partition coefficient (Wildman–Crippen LogP) is 3.97. The Hall–Kier alpha value is -3.22. The molecule has 23 heavy (non-hydrogen) atoms. The second-order valence-electron chi connectivity index (χ2n) is 4.62. The van der Waals surface area contributed by atoms with Crippen molar-refractivity contribution in [1.29, 1.82) is 0 Å². The molecule has 2 N–H and O–H groups in total. The van der Waals surface area contributed by atoms with Crippen LogP contribution in [-0.2, 0) is 0 Å². The van der Waals surface area contributed by atoms with E-state index >= 15 is 0 Å². The molecule has 0 aliphatic rings. The maximum absolute atomic E-state index is 14.0. The number of nitrogens with one attached hydrogen (secondary N) is 2. The first-order valence-corrected chi connectivity index (χ1v) is 6.65. The average Bonchev–Trinajstić information content (AvgIpc) is 3.03. The van der Waals surface area contributed by atoms with Crippen molar-refractivity contribution < 1.29 is 18.3 Å². The van der Waals surface area contributed by atoms with E-state index in [1.165, 1.54) is 12.4 Å². The van der Waals surface area contributed by atoms with E-state index in [2.05, 4.69) is 15.5 Å². The molecule has 7 heteroatoms. The third-order valence-electron chi connectivity index (χ3n) is 3.07. The van der Waals surface area contributed by atoms with Gasteiger partial charge in [-0.3, -0.25) is 10.4 Å². The molecule has 1 amide bonds. The van der Waals surface area contributed by atoms with Gasteiger partial charge in [0.25, 0.3) is 0 Å². The van der Waals surface area contributed by atoms with Crippen molar-refractivity contribution in [2.45, 2.75) is 0 Å². The molecule has 1 heterocycles. The number of hydrogen-bond donors (Lipinski definition) is 2. The number of hydrogen-bond acceptors (Lipinski definition) is 3. The van der Waals surface area contributed by atoms with Crippen LogP contribution in [0.4, 0.5) is 19.3 Å². The molecule has 0 spiro atoms. The van der Waals surface area contributed by atoms with Gasteiger partial charge in [0.05, 0.1) is 18.1 Å². The van der Waals surface area contributed by atoms with Gasteiger partial charge in [0, 0.05) is 11.1 Å². The summed E-state index contributed by atoms with van der Waals surface area (Å²) in [5.41, 5.74) is 0.684. The van der Waals surface area contributed by atoms with E-state index in [9.17, 15) is 13.6 Å². The van der Waals surface area contributed by atoms with E-state index in [-0.39, 0.29) is 11.3 Å². The largest absolute Gasteiger partial charge is 0.417 e. The molecule has 1 aromatic heterocycles. The molecule has 0 saturated heterocycles. The number of aromatic nitrogens is 2. The molecule has 0 bridgehead atoms. The van der Waals surface area contributed by atoms with Gasteiger partial charge in [-0.15, -0.1) is 0 Å². The van der Waals surface area contributed by atoms with E-state index in [0.717, 1.165) is 18.2 Å². The van der Waals surface area contributed by atoms with Gasteiger partial charge in [-0.2, -0.15) is 5.10 Å². The number of aromatic amines is 1. The molecular formula is C16H11F2N3O2. The topological polar surface area (TPSA) is 67.0 Å². The summed E-state index contributed by atoms with van der Waals surface area (Å²) in [6, 6.07) is 9.59. The lowest BCUT2D eigenvalue weighted by Crippen LogP contribution is -2.17. The van der Waals surface area contributed by atoms with Crippen molar-refractivity contribution in [3.63, 3.8) is 0 Å². The Morgan fingerprint density at radius 3 is 2.74 bits per heavy atom. The number of ether oxygens (including phenoxy) is 1. The Kier molecular flexibility index (Phi) is 4.01. The lowest BCUT2D eigenvalue weighted by molar-refractivity contribution is 0.215. The first-order valence-electron chi connectivity index (χ1n) is 6.65. The summed E-state index contributed by atoms with van der Waals surface area (Å²) >= 11 is 0. The minimum Gasteiger partial charge on any atom is -0.407 e. The van der Waals surface area contributed by atoms with Gasteiger partial charge < -0.3 is 4.74 Å². The van der Waals surface area contributed by atoms with Crippen molar-refractivity contribution in [2.75, 3.05) is 5.32 Å². The van der Waals surface area contributed by atoms with E-state index in [1.807, 2.05) is 0 Å². The summed E-state index contributed by atoms with van der Waals surface area (Å²) in [6.45, 7) is 0. The summed E-state index contributed by atoms with van der Waals surface area (Å²) < 4.78 is 32.3. The quantitative estimate of drug-likeness (QED) is 0.768. The lowest BCUT2D eigenvalue weighted by atomic mass is 10.0. The van der Waals surface area contributed by atoms with Gasteiger partial charge >= 0.3 is 6.09 Å². The van der Waals surface area contributed by atoms with Crippen LogP contribution in [0.15, 0.2) is 54.9 Å². The molecule has 0 radical (unpaired) electrons. The standard InChI is InChI=1S/C16H11F2N3O2/c17-10-5-6-14(18)13(7-10)12-3-1-2-4-15(12)21-16(22)23-11-8-19-20-9-11/h1-9H,(H,19,20)(H,21,22). The molecule has 2 aromatic carbocycles. The first-order chi connectivity index (χ1) is 11.1. The Balaban J connectivity index is 1.89. The van der Waals surface area contributed by atoms with Crippen LogP contribution in [-0.4, -0.2) is 16.3 Å². The van der Waals surface area contributed by atoms with Crippen molar-refractivity contribution >= 4 is 11.8 Å². The molecule has 0 unspecified atom stereocenters. The fraction of sp³-hybridized carbons (Fsp3) is 0. The maximum Gasteiger partial charge on any atom is 0.417 e. The van der Waals surface area contributed by atoms with Crippen LogP contribution in [0.5, 0.6) is 5.75 Å². The smallest absolute Gasteiger partial charge is 0.407 e. The molecule has 0 atom stereocenters. The third-order valence-corrected chi connectivity index (χ3v) is 3.07. The molecule has 0 aliphatic heterocycles. The summed E-state index contributed by atoms with van der Waals surface area (Å²) in [4.78, 5) is 11.9. The van der Waals surface area contributed by atoms with Gasteiger partial charge in [-0.1, -0.05) is 18.2 Å². The van der Waals surface area contributed by atoms with Gasteiger partial charge in [0.2, 0.25) is 0 Å². The minimum absolute atomic E-state index is 0.0456. The zero-order chi connectivity index (χ0) is 16.2. The van der Waals surface area contributed by atoms with Crippen LogP contribution in [0.1, 0.15) is 0 Å². The second-order valence-corrected chi connectivity index (χ2v) is 4.62. The number of rotatable bonds is 3. The van der Waals surface area contributed by atoms with Crippen LogP contribution in [0.3, 0.4) is 0 Å². The van der Waals surface area contributed by atoms with Crippen molar-refractivity contribution in [3.8, 4) is 16.9 Å². The predicted molar refractivity (Wildman–Crippen MR) is 80.0 cm³/mol. The molecule has 3 aromatic rings. The van der Waals surface area contributed by atoms with Crippen molar-refractivity contribution in [3.05, 3.63) is 66.5 Å². The monoisotopic (exact) mass is 315 g/mol. The first kappa shape index (κ1) is 14.7. The fourth-order valence-electron chi connectivity index (χ4n) is 2.07. The second kappa shape index (κ2) is 6.27. The summed E-state index contributed by atoms with van der Waals surface area (Å²) in [5, 5.41) is 8.65. The third kappa shape index (κ3) is 3.34. The Morgan fingerprint density at radius 1 is 1.13 bits per heavy atom. The van der Waals surface area contributed by atoms with Crippen molar-refractivity contribution in [2.24, 2.45) is 0 Å². The highest BCUT2D eigenvalue weighted by Crippen LogP contribution is 2.30. The summed E-state index contributed by atoms with van der Waals surface area (Å²) in [6.07, 6.45) is 1.96. The molecule has 3 rings (SSSR count). The zero-order valence-electron chi connectivity index (χ0n) is 11.7. The molecule has 116 valence electrons. The highest BCUT2D eigenvalue weighted by molar-refractivity contribution is 5.92. The molecular weight excluding hydrogens is 304 g/mol. The van der Waals surface area contributed by atoms with E-state index < -0.39 is 17.7 Å². The lowest BCUT2D eigenvalue weighted by Gasteiger charge is -2.11. The minimum atomic E-state index is -0.768.